The first-order valence-electron chi connectivity index (χ1n) is 7.31. The average molecular weight is 293 g/mol. The molecule has 0 bridgehead atoms. The predicted octanol–water partition coefficient (Wildman–Crippen LogP) is 1.57. The summed E-state index contributed by atoms with van der Waals surface area (Å²) in [5.74, 6) is 0.0386. The summed E-state index contributed by atoms with van der Waals surface area (Å²) in [6.45, 7) is 2.53. The van der Waals surface area contributed by atoms with Gasteiger partial charge < -0.3 is 14.6 Å². The molecule has 1 aliphatic heterocycles. The highest BCUT2D eigenvalue weighted by atomic mass is 16.6. The van der Waals surface area contributed by atoms with Crippen LogP contribution in [0.3, 0.4) is 0 Å². The lowest BCUT2D eigenvalue weighted by Gasteiger charge is -2.25. The second-order valence-corrected chi connectivity index (χ2v) is 5.99. The number of carbonyl (C=O) groups is 1. The van der Waals surface area contributed by atoms with Crippen LogP contribution in [0.15, 0.2) is 12.3 Å². The Kier molecular flexibility index (Phi) is 3.44. The van der Waals surface area contributed by atoms with Crippen molar-refractivity contribution in [2.24, 2.45) is 5.92 Å². The molecule has 2 fully saturated rings. The number of nitro groups is 1. The van der Waals surface area contributed by atoms with Crippen molar-refractivity contribution in [1.82, 2.24) is 9.47 Å². The third-order valence-corrected chi connectivity index (χ3v) is 4.53. The van der Waals surface area contributed by atoms with E-state index in [1.54, 1.807) is 9.47 Å². The van der Waals surface area contributed by atoms with E-state index in [4.69, 9.17) is 0 Å². The van der Waals surface area contributed by atoms with E-state index in [2.05, 4.69) is 0 Å². The van der Waals surface area contributed by atoms with Crippen molar-refractivity contribution in [2.75, 3.05) is 13.2 Å². The fourth-order valence-electron chi connectivity index (χ4n) is 3.08. The van der Waals surface area contributed by atoms with Crippen molar-refractivity contribution in [3.63, 3.8) is 0 Å². The molecule has 2 heterocycles. The first kappa shape index (κ1) is 14.1. The molecule has 3 rings (SSSR count). The lowest BCUT2D eigenvalue weighted by atomic mass is 10.0. The van der Waals surface area contributed by atoms with Gasteiger partial charge in [0.15, 0.2) is 0 Å². The quantitative estimate of drug-likeness (QED) is 0.674. The molecule has 1 saturated carbocycles. The SMILES string of the molecule is CC1CCN(C(=O)c2cc([N+](=O)[O-])cn2C2CC2)C1CO. The largest absolute Gasteiger partial charge is 0.394 e. The van der Waals surface area contributed by atoms with E-state index < -0.39 is 4.92 Å². The summed E-state index contributed by atoms with van der Waals surface area (Å²) in [5.41, 5.74) is 0.329. The smallest absolute Gasteiger partial charge is 0.287 e. The normalized spacial score (nSPS) is 25.3. The van der Waals surface area contributed by atoms with Gasteiger partial charge >= 0.3 is 0 Å². The van der Waals surface area contributed by atoms with Crippen LogP contribution in [-0.2, 0) is 0 Å². The molecule has 114 valence electrons. The summed E-state index contributed by atoms with van der Waals surface area (Å²) in [6, 6.07) is 1.36. The summed E-state index contributed by atoms with van der Waals surface area (Å²) < 4.78 is 1.73. The number of carbonyl (C=O) groups excluding carboxylic acids is 1. The number of likely N-dealkylation sites (tertiary alicyclic amines) is 1. The third-order valence-electron chi connectivity index (χ3n) is 4.53. The Balaban J connectivity index is 1.92. The standard InChI is InChI=1S/C14H19N3O4/c1-9-4-5-15(13(9)8-18)14(19)12-6-11(17(20)21)7-16(12)10-2-3-10/h6-7,9-10,13,18H,2-5,8H2,1H3. The minimum absolute atomic E-state index is 0.0435. The minimum Gasteiger partial charge on any atom is -0.394 e. The maximum Gasteiger partial charge on any atom is 0.287 e. The van der Waals surface area contributed by atoms with Crippen LogP contribution in [0.2, 0.25) is 0 Å². The van der Waals surface area contributed by atoms with Gasteiger partial charge in [0.2, 0.25) is 0 Å². The van der Waals surface area contributed by atoms with Crippen LogP contribution in [0.25, 0.3) is 0 Å². The molecule has 7 heteroatoms. The van der Waals surface area contributed by atoms with Crippen molar-refractivity contribution in [2.45, 2.75) is 38.3 Å². The van der Waals surface area contributed by atoms with Gasteiger partial charge in [0.25, 0.3) is 11.6 Å². The van der Waals surface area contributed by atoms with Gasteiger partial charge in [0, 0.05) is 18.7 Å². The number of aromatic nitrogens is 1. The molecule has 0 radical (unpaired) electrons. The van der Waals surface area contributed by atoms with E-state index >= 15 is 0 Å². The van der Waals surface area contributed by atoms with Crippen LogP contribution in [0.4, 0.5) is 5.69 Å². The summed E-state index contributed by atoms with van der Waals surface area (Å²) in [6.07, 6.45) is 4.21. The minimum atomic E-state index is -0.466. The molecule has 2 atom stereocenters. The van der Waals surface area contributed by atoms with Crippen molar-refractivity contribution >= 4 is 11.6 Å². The topological polar surface area (TPSA) is 88.6 Å². The lowest BCUT2D eigenvalue weighted by Crippen LogP contribution is -2.40. The second kappa shape index (κ2) is 5.14. The van der Waals surface area contributed by atoms with Gasteiger partial charge in [-0.25, -0.2) is 0 Å². The van der Waals surface area contributed by atoms with Gasteiger partial charge in [-0.1, -0.05) is 6.92 Å². The Morgan fingerprint density at radius 1 is 1.48 bits per heavy atom. The van der Waals surface area contributed by atoms with Crippen LogP contribution >= 0.6 is 0 Å². The van der Waals surface area contributed by atoms with Gasteiger partial charge in [0.05, 0.1) is 23.8 Å². The fourth-order valence-corrected chi connectivity index (χ4v) is 3.08. The molecule has 2 aliphatic rings. The molecular formula is C14H19N3O4. The summed E-state index contributed by atoms with van der Waals surface area (Å²) in [7, 11) is 0. The Labute approximate surface area is 122 Å². The monoisotopic (exact) mass is 293 g/mol. The highest BCUT2D eigenvalue weighted by molar-refractivity contribution is 5.94. The summed E-state index contributed by atoms with van der Waals surface area (Å²) in [5, 5.41) is 20.4. The van der Waals surface area contributed by atoms with Crippen molar-refractivity contribution in [1.29, 1.82) is 0 Å². The second-order valence-electron chi connectivity index (χ2n) is 5.99. The molecular weight excluding hydrogens is 274 g/mol. The van der Waals surface area contributed by atoms with Crippen LogP contribution in [0, 0.1) is 16.0 Å². The maximum atomic E-state index is 12.7. The number of aliphatic hydroxyl groups excluding tert-OH is 1. The average Bonchev–Trinajstić information content (AvgIpc) is 3.08. The maximum absolute atomic E-state index is 12.7. The Bertz CT molecular complexity index is 579. The van der Waals surface area contributed by atoms with Gasteiger partial charge in [-0.2, -0.15) is 0 Å². The highest BCUT2D eigenvalue weighted by Crippen LogP contribution is 2.38. The summed E-state index contributed by atoms with van der Waals surface area (Å²) >= 11 is 0. The zero-order chi connectivity index (χ0) is 15.1. The summed E-state index contributed by atoms with van der Waals surface area (Å²) in [4.78, 5) is 24.9. The van der Waals surface area contributed by atoms with E-state index in [-0.39, 0.29) is 36.2 Å². The van der Waals surface area contributed by atoms with Crippen LogP contribution < -0.4 is 0 Å². The van der Waals surface area contributed by atoms with Crippen LogP contribution in [-0.4, -0.2) is 44.6 Å². The lowest BCUT2D eigenvalue weighted by molar-refractivity contribution is -0.384. The Morgan fingerprint density at radius 2 is 2.19 bits per heavy atom. The molecule has 21 heavy (non-hydrogen) atoms. The number of aliphatic hydroxyl groups is 1. The van der Waals surface area contributed by atoms with Gasteiger partial charge in [-0.15, -0.1) is 0 Å². The fraction of sp³-hybridized carbons (Fsp3) is 0.643. The molecule has 7 nitrogen and oxygen atoms in total. The van der Waals surface area contributed by atoms with E-state index in [0.717, 1.165) is 19.3 Å². The third kappa shape index (κ3) is 2.42. The van der Waals surface area contributed by atoms with Crippen molar-refractivity contribution in [3.05, 3.63) is 28.1 Å². The molecule has 0 spiro atoms. The van der Waals surface area contributed by atoms with E-state index in [9.17, 15) is 20.0 Å². The molecule has 2 unspecified atom stereocenters. The van der Waals surface area contributed by atoms with Crippen molar-refractivity contribution < 1.29 is 14.8 Å². The predicted molar refractivity (Wildman–Crippen MR) is 75.0 cm³/mol. The van der Waals surface area contributed by atoms with E-state index in [1.165, 1.54) is 12.3 Å². The Hall–Kier alpha value is -1.89. The molecule has 0 aromatic carbocycles. The first-order chi connectivity index (χ1) is 10.0. The number of rotatable bonds is 4. The first-order valence-corrected chi connectivity index (χ1v) is 7.31. The Morgan fingerprint density at radius 3 is 2.76 bits per heavy atom. The van der Waals surface area contributed by atoms with Crippen LogP contribution in [0.1, 0.15) is 42.7 Å². The van der Waals surface area contributed by atoms with Gasteiger partial charge in [-0.05, 0) is 25.2 Å². The molecule has 1 N–H and O–H groups in total. The van der Waals surface area contributed by atoms with Crippen molar-refractivity contribution in [3.8, 4) is 0 Å². The highest BCUT2D eigenvalue weighted by Gasteiger charge is 2.38. The van der Waals surface area contributed by atoms with Gasteiger partial charge in [0.1, 0.15) is 5.69 Å². The number of hydrogen-bond donors (Lipinski definition) is 1. The molecule has 1 amide bonds. The number of hydrogen-bond acceptors (Lipinski definition) is 4. The van der Waals surface area contributed by atoms with E-state index in [1.807, 2.05) is 6.92 Å². The zero-order valence-corrected chi connectivity index (χ0v) is 11.9. The molecule has 1 saturated heterocycles. The molecule has 1 aromatic heterocycles. The zero-order valence-electron chi connectivity index (χ0n) is 11.9. The van der Waals surface area contributed by atoms with Crippen LogP contribution in [0.5, 0.6) is 0 Å². The molecule has 1 aliphatic carbocycles. The molecule has 1 aromatic rings. The van der Waals surface area contributed by atoms with Gasteiger partial charge in [-0.3, -0.25) is 14.9 Å². The number of amides is 1. The number of nitrogens with zero attached hydrogens (tertiary/aromatic N) is 3. The van der Waals surface area contributed by atoms with E-state index in [0.29, 0.717) is 12.2 Å².